The van der Waals surface area contributed by atoms with Gasteiger partial charge in [-0.2, -0.15) is 4.68 Å². The zero-order valence-corrected chi connectivity index (χ0v) is 16.9. The maximum absolute atomic E-state index is 12.7. The number of anilines is 1. The van der Waals surface area contributed by atoms with Crippen LogP contribution < -0.4 is 16.4 Å². The number of carbonyl (C=O) groups excluding carboxylic acids is 1. The Kier molecular flexibility index (Phi) is 9.48. The van der Waals surface area contributed by atoms with E-state index in [9.17, 15) is 4.79 Å². The minimum atomic E-state index is -0.396. The lowest BCUT2D eigenvalue weighted by Crippen LogP contribution is -2.47. The molecule has 2 aromatic rings. The van der Waals surface area contributed by atoms with E-state index in [2.05, 4.69) is 26.2 Å². The van der Waals surface area contributed by atoms with Crippen molar-refractivity contribution in [3.05, 3.63) is 30.3 Å². The molecule has 1 saturated carbocycles. The normalized spacial score (nSPS) is 19.5. The maximum atomic E-state index is 12.7. The summed E-state index contributed by atoms with van der Waals surface area (Å²) in [7, 11) is 0. The Bertz CT molecular complexity index is 698. The number of rotatable bonds is 7. The molecule has 0 bridgehead atoms. The topological polar surface area (TPSA) is 111 Å². The minimum Gasteiger partial charge on any atom is -0.351 e. The van der Waals surface area contributed by atoms with Gasteiger partial charge in [0.25, 0.3) is 0 Å². The number of nitrogens with two attached hydrogens (primary N) is 1. The second kappa shape index (κ2) is 11.1. The molecule has 1 heterocycles. The van der Waals surface area contributed by atoms with E-state index in [1.807, 2.05) is 37.3 Å². The molecule has 3 unspecified atom stereocenters. The number of benzene rings is 1. The van der Waals surface area contributed by atoms with Crippen molar-refractivity contribution in [3.8, 4) is 5.69 Å². The van der Waals surface area contributed by atoms with Gasteiger partial charge >= 0.3 is 0 Å². The molecule has 1 aromatic heterocycles. The standard InChI is InChI=1S/C17H25N7O.2ClH/c1-2-14(16(25)19-15-10-6-7-12(15)11-18)20-17-21-22-23-24(17)13-8-4-3-5-9-13;;/h3-5,8-9,12,14-15H,2,6-7,10-11,18H2,1H3,(H,19,25)(H,20,21,23);2*1H. The molecule has 0 spiro atoms. The van der Waals surface area contributed by atoms with Crippen LogP contribution in [0.3, 0.4) is 0 Å². The van der Waals surface area contributed by atoms with E-state index in [-0.39, 0.29) is 36.8 Å². The summed E-state index contributed by atoms with van der Waals surface area (Å²) >= 11 is 0. The van der Waals surface area contributed by atoms with E-state index in [1.165, 1.54) is 0 Å². The Labute approximate surface area is 171 Å². The van der Waals surface area contributed by atoms with Crippen molar-refractivity contribution in [3.63, 3.8) is 0 Å². The number of amides is 1. The molecule has 0 aliphatic heterocycles. The van der Waals surface area contributed by atoms with E-state index in [1.54, 1.807) is 4.68 Å². The van der Waals surface area contributed by atoms with Crippen LogP contribution in [0.25, 0.3) is 5.69 Å². The van der Waals surface area contributed by atoms with Gasteiger partial charge in [0.15, 0.2) is 0 Å². The predicted molar refractivity (Wildman–Crippen MR) is 110 cm³/mol. The van der Waals surface area contributed by atoms with E-state index in [0.29, 0.717) is 24.8 Å². The highest BCUT2D eigenvalue weighted by molar-refractivity contribution is 5.85. The molecule has 3 rings (SSSR count). The third kappa shape index (κ3) is 5.54. The summed E-state index contributed by atoms with van der Waals surface area (Å²) in [4.78, 5) is 12.7. The SMILES string of the molecule is CCC(Nc1nnnn1-c1ccccc1)C(=O)NC1CCCC1CN.Cl.Cl. The second-order valence-corrected chi connectivity index (χ2v) is 6.40. The van der Waals surface area contributed by atoms with Crippen LogP contribution in [0.2, 0.25) is 0 Å². The van der Waals surface area contributed by atoms with Crippen LogP contribution in [0.4, 0.5) is 5.95 Å². The molecule has 8 nitrogen and oxygen atoms in total. The van der Waals surface area contributed by atoms with Crippen molar-refractivity contribution in [2.24, 2.45) is 11.7 Å². The van der Waals surface area contributed by atoms with E-state index >= 15 is 0 Å². The Morgan fingerprint density at radius 1 is 1.30 bits per heavy atom. The molecule has 4 N–H and O–H groups in total. The zero-order valence-electron chi connectivity index (χ0n) is 15.2. The summed E-state index contributed by atoms with van der Waals surface area (Å²) in [6.45, 7) is 2.57. The Morgan fingerprint density at radius 2 is 2.04 bits per heavy atom. The molecule has 0 saturated heterocycles. The number of carbonyl (C=O) groups is 1. The smallest absolute Gasteiger partial charge is 0.248 e. The lowest BCUT2D eigenvalue weighted by molar-refractivity contribution is -0.122. The fraction of sp³-hybridized carbons (Fsp3) is 0.529. The maximum Gasteiger partial charge on any atom is 0.248 e. The Balaban J connectivity index is 0.00000182. The summed E-state index contributed by atoms with van der Waals surface area (Å²) in [6.07, 6.45) is 3.82. The van der Waals surface area contributed by atoms with Crippen LogP contribution in [-0.4, -0.2) is 44.7 Å². The van der Waals surface area contributed by atoms with Crippen LogP contribution in [0.15, 0.2) is 30.3 Å². The molecule has 1 amide bonds. The van der Waals surface area contributed by atoms with Gasteiger partial charge in [-0.3, -0.25) is 4.79 Å². The largest absolute Gasteiger partial charge is 0.351 e. The number of nitrogens with one attached hydrogen (secondary N) is 2. The molecule has 1 fully saturated rings. The van der Waals surface area contributed by atoms with Gasteiger partial charge in [0.1, 0.15) is 6.04 Å². The molecular formula is C17H27Cl2N7O. The van der Waals surface area contributed by atoms with Crippen molar-refractivity contribution in [1.82, 2.24) is 25.5 Å². The molecule has 3 atom stereocenters. The summed E-state index contributed by atoms with van der Waals surface area (Å²) < 4.78 is 1.59. The fourth-order valence-corrected chi connectivity index (χ4v) is 3.32. The van der Waals surface area contributed by atoms with Gasteiger partial charge in [-0.15, -0.1) is 24.8 Å². The number of nitrogens with zero attached hydrogens (tertiary/aromatic N) is 4. The van der Waals surface area contributed by atoms with Crippen molar-refractivity contribution < 1.29 is 4.79 Å². The number of tetrazole rings is 1. The van der Waals surface area contributed by atoms with Gasteiger partial charge in [0.2, 0.25) is 11.9 Å². The average Bonchev–Trinajstić information content (AvgIpc) is 3.29. The highest BCUT2D eigenvalue weighted by Gasteiger charge is 2.29. The van der Waals surface area contributed by atoms with Gasteiger partial charge in [-0.1, -0.05) is 36.6 Å². The van der Waals surface area contributed by atoms with E-state index in [4.69, 9.17) is 5.73 Å². The van der Waals surface area contributed by atoms with Crippen LogP contribution in [0, 0.1) is 5.92 Å². The first-order valence-corrected chi connectivity index (χ1v) is 8.83. The van der Waals surface area contributed by atoms with Crippen LogP contribution in [0.1, 0.15) is 32.6 Å². The van der Waals surface area contributed by atoms with Crippen LogP contribution >= 0.6 is 24.8 Å². The van der Waals surface area contributed by atoms with Crippen LogP contribution in [-0.2, 0) is 4.79 Å². The molecular weight excluding hydrogens is 389 g/mol. The third-order valence-electron chi connectivity index (χ3n) is 4.79. The Hall–Kier alpha value is -1.90. The number of para-hydroxylation sites is 1. The summed E-state index contributed by atoms with van der Waals surface area (Å²) in [5, 5.41) is 18.1. The number of halogens is 2. The highest BCUT2D eigenvalue weighted by atomic mass is 35.5. The molecule has 1 aliphatic carbocycles. The van der Waals surface area contributed by atoms with Crippen molar-refractivity contribution in [1.29, 1.82) is 0 Å². The monoisotopic (exact) mass is 415 g/mol. The first-order valence-electron chi connectivity index (χ1n) is 8.83. The highest BCUT2D eigenvalue weighted by Crippen LogP contribution is 2.24. The fourth-order valence-electron chi connectivity index (χ4n) is 3.32. The molecule has 27 heavy (non-hydrogen) atoms. The van der Waals surface area contributed by atoms with E-state index < -0.39 is 6.04 Å². The first-order chi connectivity index (χ1) is 12.2. The van der Waals surface area contributed by atoms with Gasteiger partial charge < -0.3 is 16.4 Å². The molecule has 0 radical (unpaired) electrons. The minimum absolute atomic E-state index is 0. The average molecular weight is 416 g/mol. The van der Waals surface area contributed by atoms with Gasteiger partial charge in [0, 0.05) is 6.04 Å². The summed E-state index contributed by atoms with van der Waals surface area (Å²) in [6, 6.07) is 9.35. The predicted octanol–water partition coefficient (Wildman–Crippen LogP) is 1.94. The summed E-state index contributed by atoms with van der Waals surface area (Å²) in [5.41, 5.74) is 6.64. The second-order valence-electron chi connectivity index (χ2n) is 6.40. The number of hydrogen-bond donors (Lipinski definition) is 3. The van der Waals surface area contributed by atoms with Gasteiger partial charge in [0.05, 0.1) is 5.69 Å². The summed E-state index contributed by atoms with van der Waals surface area (Å²) in [5.74, 6) is 0.793. The quantitative estimate of drug-likeness (QED) is 0.636. The number of hydrogen-bond acceptors (Lipinski definition) is 6. The zero-order chi connectivity index (χ0) is 17.6. The van der Waals surface area contributed by atoms with Gasteiger partial charge in [-0.25, -0.2) is 0 Å². The molecule has 1 aliphatic rings. The van der Waals surface area contributed by atoms with E-state index in [0.717, 1.165) is 24.9 Å². The van der Waals surface area contributed by atoms with Crippen molar-refractivity contribution >= 4 is 36.7 Å². The lowest BCUT2D eigenvalue weighted by atomic mass is 10.0. The molecule has 1 aromatic carbocycles. The Morgan fingerprint density at radius 3 is 2.70 bits per heavy atom. The van der Waals surface area contributed by atoms with Crippen molar-refractivity contribution in [2.75, 3.05) is 11.9 Å². The number of aromatic nitrogens is 4. The van der Waals surface area contributed by atoms with Crippen LogP contribution in [0.5, 0.6) is 0 Å². The molecule has 150 valence electrons. The first kappa shape index (κ1) is 23.1. The lowest BCUT2D eigenvalue weighted by Gasteiger charge is -2.23. The van der Waals surface area contributed by atoms with Gasteiger partial charge in [-0.05, 0) is 54.3 Å². The molecule has 10 heteroatoms. The van der Waals surface area contributed by atoms with Crippen molar-refractivity contribution in [2.45, 2.75) is 44.7 Å². The third-order valence-corrected chi connectivity index (χ3v) is 4.79.